The van der Waals surface area contributed by atoms with Crippen LogP contribution in [0.4, 0.5) is 10.3 Å². The van der Waals surface area contributed by atoms with E-state index < -0.39 is 74.5 Å². The number of esters is 1. The number of nitrogens with two attached hydrogens (primary N) is 2. The number of carbonyl (C=O) groups excluding carboxylic acids is 1. The van der Waals surface area contributed by atoms with Crippen LogP contribution in [0.5, 0.6) is 5.75 Å². The SMILES string of the molecule is [2H]C([2H])(OP(=O)(C[C@@H](C)C(=O)OC(C)C)Oc1ccccc1)[C@H]1O[C@@H](n2ccc3c(=O)[nH]c(N)nc32)C(N)(CF)[C@H]1O. The van der Waals surface area contributed by atoms with Gasteiger partial charge in [0.05, 0.1) is 32.9 Å². The molecule has 1 saturated heterocycles. The number of ether oxygens (including phenoxy) is 2. The van der Waals surface area contributed by atoms with Crippen molar-refractivity contribution in [3.63, 3.8) is 0 Å². The molecule has 15 heteroatoms. The van der Waals surface area contributed by atoms with Crippen LogP contribution in [-0.2, 0) is 23.4 Å². The number of halogens is 1. The maximum Gasteiger partial charge on any atom is 0.380 e. The molecule has 3 heterocycles. The molecule has 218 valence electrons. The number of aromatic nitrogens is 3. The van der Waals surface area contributed by atoms with Crippen molar-refractivity contribution < 1.29 is 40.1 Å². The van der Waals surface area contributed by atoms with Crippen molar-refractivity contribution in [2.24, 2.45) is 11.7 Å². The molecular formula is C25H33FN5O8P. The third-order valence-electron chi connectivity index (χ3n) is 6.20. The summed E-state index contributed by atoms with van der Waals surface area (Å²) in [6.07, 6.45) is -5.47. The Hall–Kier alpha value is -3.29. The number of nitrogen functional groups attached to an aromatic ring is 1. The minimum Gasteiger partial charge on any atom is -0.463 e. The minimum atomic E-state index is -4.56. The number of aliphatic hydroxyl groups excluding tert-OH is 1. The fraction of sp³-hybridized carbons (Fsp3) is 0.480. The van der Waals surface area contributed by atoms with Gasteiger partial charge in [0.1, 0.15) is 30.2 Å². The van der Waals surface area contributed by atoms with Crippen molar-refractivity contribution in [1.82, 2.24) is 14.5 Å². The maximum atomic E-state index is 14.5. The number of benzene rings is 1. The average Bonchev–Trinajstić information content (AvgIpc) is 3.42. The van der Waals surface area contributed by atoms with Crippen LogP contribution in [0.2, 0.25) is 0 Å². The van der Waals surface area contributed by atoms with E-state index in [1.54, 1.807) is 32.0 Å². The second-order valence-corrected chi connectivity index (χ2v) is 11.8. The van der Waals surface area contributed by atoms with E-state index in [4.69, 9.17) is 32.7 Å². The summed E-state index contributed by atoms with van der Waals surface area (Å²) in [5, 5.41) is 11.2. The highest BCUT2D eigenvalue weighted by Crippen LogP contribution is 2.51. The number of fused-ring (bicyclic) bond motifs is 1. The summed E-state index contributed by atoms with van der Waals surface area (Å²) >= 11 is 0. The van der Waals surface area contributed by atoms with Crippen molar-refractivity contribution in [2.45, 2.75) is 50.8 Å². The van der Waals surface area contributed by atoms with Gasteiger partial charge in [-0.15, -0.1) is 0 Å². The molecule has 1 aliphatic heterocycles. The van der Waals surface area contributed by atoms with Crippen LogP contribution in [-0.4, -0.2) is 68.9 Å². The molecule has 0 aliphatic carbocycles. The number of hydrogen-bond acceptors (Lipinski definition) is 11. The Bertz CT molecular complexity index is 1540. The molecule has 13 nitrogen and oxygen atoms in total. The Labute approximate surface area is 231 Å². The largest absolute Gasteiger partial charge is 0.463 e. The number of rotatable bonds is 11. The molecule has 6 N–H and O–H groups in total. The average molecular weight is 584 g/mol. The van der Waals surface area contributed by atoms with Crippen LogP contribution in [0.1, 0.15) is 29.7 Å². The number of H-pyrrole nitrogens is 1. The predicted octanol–water partition coefficient (Wildman–Crippen LogP) is 2.11. The topological polar surface area (TPSA) is 194 Å². The van der Waals surface area contributed by atoms with Gasteiger partial charge in [0, 0.05) is 6.20 Å². The zero-order valence-electron chi connectivity index (χ0n) is 24.0. The number of aromatic amines is 1. The summed E-state index contributed by atoms with van der Waals surface area (Å²) in [7, 11) is -4.56. The lowest BCUT2D eigenvalue weighted by Gasteiger charge is -2.30. The lowest BCUT2D eigenvalue weighted by atomic mass is 9.92. The summed E-state index contributed by atoms with van der Waals surface area (Å²) in [6.45, 7) is 0.153. The van der Waals surface area contributed by atoms with Crippen LogP contribution in [0.3, 0.4) is 0 Å². The molecular weight excluding hydrogens is 548 g/mol. The van der Waals surface area contributed by atoms with Crippen LogP contribution < -0.4 is 21.6 Å². The summed E-state index contributed by atoms with van der Waals surface area (Å²) in [6, 6.07) is 9.07. The normalized spacial score (nSPS) is 26.2. The Morgan fingerprint density at radius 1 is 1.35 bits per heavy atom. The number of aliphatic hydroxyl groups is 1. The quantitative estimate of drug-likeness (QED) is 0.191. The Morgan fingerprint density at radius 2 is 2.05 bits per heavy atom. The fourth-order valence-corrected chi connectivity index (χ4v) is 5.92. The second-order valence-electron chi connectivity index (χ2n) is 9.80. The van der Waals surface area contributed by atoms with Crippen molar-refractivity contribution >= 4 is 30.5 Å². The predicted molar refractivity (Wildman–Crippen MR) is 143 cm³/mol. The highest BCUT2D eigenvalue weighted by atomic mass is 31.2. The highest BCUT2D eigenvalue weighted by Gasteiger charge is 2.56. The van der Waals surface area contributed by atoms with E-state index in [0.29, 0.717) is 0 Å². The number of para-hydroxylation sites is 1. The smallest absolute Gasteiger partial charge is 0.380 e. The zero-order valence-corrected chi connectivity index (χ0v) is 22.9. The van der Waals surface area contributed by atoms with Crippen LogP contribution >= 0.6 is 7.60 Å². The first-order valence-electron chi connectivity index (χ1n) is 13.4. The molecule has 6 atom stereocenters. The zero-order chi connectivity index (χ0) is 31.0. The van der Waals surface area contributed by atoms with E-state index in [1.165, 1.54) is 31.3 Å². The summed E-state index contributed by atoms with van der Waals surface area (Å²) in [5.41, 5.74) is 8.97. The summed E-state index contributed by atoms with van der Waals surface area (Å²) < 4.78 is 69.0. The molecule has 2 aromatic heterocycles. The van der Waals surface area contributed by atoms with Gasteiger partial charge in [-0.05, 0) is 32.0 Å². The molecule has 0 bridgehead atoms. The molecule has 3 aromatic rings. The molecule has 0 radical (unpaired) electrons. The fourth-order valence-electron chi connectivity index (χ4n) is 4.20. The maximum absolute atomic E-state index is 14.5. The number of nitrogens with one attached hydrogen (secondary N) is 1. The standard InChI is InChI=1S/C25H33FN5O8P/c1-14(2)37-22(34)15(3)12-40(35,39-16-7-5-4-6-8-16)36-11-18-19(32)25(28,13-26)23(38-18)31-10-9-17-20(31)29-24(27)30-21(17)33/h4-10,14-15,18-19,23,32H,11-13,28H2,1-3H3,(H3,27,29,30,33)/t15-,18-,19+,23-,25?,40?/m1/s1/i11D2. The molecule has 40 heavy (non-hydrogen) atoms. The van der Waals surface area contributed by atoms with Gasteiger partial charge in [0.2, 0.25) is 5.95 Å². The first kappa shape index (κ1) is 26.9. The molecule has 2 unspecified atom stereocenters. The minimum absolute atomic E-state index is 0.0502. The van der Waals surface area contributed by atoms with Crippen LogP contribution in [0.25, 0.3) is 11.0 Å². The highest BCUT2D eigenvalue weighted by molar-refractivity contribution is 7.54. The number of nitrogens with zero attached hydrogens (tertiary/aromatic N) is 2. The van der Waals surface area contributed by atoms with E-state index in [1.807, 2.05) is 0 Å². The summed E-state index contributed by atoms with van der Waals surface area (Å²) in [5.74, 6) is -1.98. The molecule has 0 saturated carbocycles. The van der Waals surface area contributed by atoms with Crippen molar-refractivity contribution in [1.29, 1.82) is 0 Å². The molecule has 1 aliphatic rings. The van der Waals surface area contributed by atoms with Gasteiger partial charge in [-0.1, -0.05) is 25.1 Å². The lowest BCUT2D eigenvalue weighted by molar-refractivity contribution is -0.151. The van der Waals surface area contributed by atoms with E-state index >= 15 is 0 Å². The van der Waals surface area contributed by atoms with Crippen molar-refractivity contribution in [3.8, 4) is 5.75 Å². The van der Waals surface area contributed by atoms with Crippen LogP contribution in [0.15, 0.2) is 47.4 Å². The van der Waals surface area contributed by atoms with Crippen LogP contribution in [0, 0.1) is 5.92 Å². The van der Waals surface area contributed by atoms with Gasteiger partial charge in [-0.3, -0.25) is 19.1 Å². The van der Waals surface area contributed by atoms with E-state index in [0.717, 1.165) is 4.57 Å². The van der Waals surface area contributed by atoms with Gasteiger partial charge in [0.25, 0.3) is 5.56 Å². The van der Waals surface area contributed by atoms with Gasteiger partial charge in [-0.25, -0.2) is 8.96 Å². The third-order valence-corrected chi connectivity index (χ3v) is 8.07. The number of alkyl halides is 1. The first-order chi connectivity index (χ1) is 19.6. The molecule has 4 rings (SSSR count). The van der Waals surface area contributed by atoms with Gasteiger partial charge < -0.3 is 35.1 Å². The van der Waals surface area contributed by atoms with E-state index in [9.17, 15) is 23.7 Å². The third kappa shape index (κ3) is 6.06. The number of hydrogen-bond donors (Lipinski definition) is 4. The number of anilines is 1. The van der Waals surface area contributed by atoms with Gasteiger partial charge >= 0.3 is 13.6 Å². The number of carbonyl (C=O) groups is 1. The van der Waals surface area contributed by atoms with E-state index in [2.05, 4.69) is 9.97 Å². The molecule has 1 aromatic carbocycles. The molecule has 0 spiro atoms. The van der Waals surface area contributed by atoms with Gasteiger partial charge in [-0.2, -0.15) is 4.98 Å². The van der Waals surface area contributed by atoms with Gasteiger partial charge in [0.15, 0.2) is 11.9 Å². The summed E-state index contributed by atoms with van der Waals surface area (Å²) in [4.78, 5) is 31.2. The van der Waals surface area contributed by atoms with E-state index in [-0.39, 0.29) is 22.7 Å². The monoisotopic (exact) mass is 583 g/mol. The Kier molecular flexibility index (Phi) is 7.85. The van der Waals surface area contributed by atoms with Crippen molar-refractivity contribution in [2.75, 3.05) is 25.1 Å². The Morgan fingerprint density at radius 3 is 2.70 bits per heavy atom. The second kappa shape index (κ2) is 11.7. The Balaban J connectivity index is 1.68. The first-order valence-corrected chi connectivity index (χ1v) is 14.1. The van der Waals surface area contributed by atoms with Crippen molar-refractivity contribution in [3.05, 3.63) is 52.9 Å². The molecule has 0 amide bonds. The molecule has 1 fully saturated rings. The lowest BCUT2D eigenvalue weighted by Crippen LogP contribution is -2.56.